The highest BCUT2D eigenvalue weighted by atomic mass is 16.4. The lowest BCUT2D eigenvalue weighted by molar-refractivity contribution is -0.137. The van der Waals surface area contributed by atoms with E-state index in [2.05, 4.69) is 5.32 Å². The molecule has 2 aromatic carbocycles. The first kappa shape index (κ1) is 18.2. The van der Waals surface area contributed by atoms with Crippen LogP contribution in [0, 0.1) is 0 Å². The van der Waals surface area contributed by atoms with E-state index in [0.717, 1.165) is 5.56 Å². The van der Waals surface area contributed by atoms with Gasteiger partial charge in [0.05, 0.1) is 6.42 Å². The van der Waals surface area contributed by atoms with E-state index in [9.17, 15) is 14.4 Å². The number of aliphatic carboxylic acids is 1. The molecule has 2 aromatic rings. The second-order valence-corrected chi connectivity index (χ2v) is 5.62. The Kier molecular flexibility index (Phi) is 6.28. The normalized spacial score (nSPS) is 10.1. The number of carboxylic acid groups (broad SMARTS) is 1. The van der Waals surface area contributed by atoms with Crippen molar-refractivity contribution in [3.05, 3.63) is 71.3 Å². The molecule has 0 saturated carbocycles. The second kappa shape index (κ2) is 8.63. The van der Waals surface area contributed by atoms with E-state index in [4.69, 9.17) is 5.11 Å². The maximum absolute atomic E-state index is 12.2. The van der Waals surface area contributed by atoms with Crippen LogP contribution in [-0.4, -0.2) is 41.4 Å². The predicted molar refractivity (Wildman–Crippen MR) is 93.3 cm³/mol. The molecule has 0 fully saturated rings. The van der Waals surface area contributed by atoms with Gasteiger partial charge in [0.1, 0.15) is 0 Å². The number of amides is 2. The Morgan fingerprint density at radius 3 is 2.20 bits per heavy atom. The van der Waals surface area contributed by atoms with Crippen LogP contribution in [0.1, 0.15) is 32.7 Å². The number of hydrogen-bond donors (Lipinski definition) is 2. The number of nitrogens with zero attached hydrogens (tertiary/aromatic N) is 1. The Balaban J connectivity index is 1.90. The monoisotopic (exact) mass is 340 g/mol. The van der Waals surface area contributed by atoms with Crippen LogP contribution < -0.4 is 5.32 Å². The molecule has 6 heteroatoms. The van der Waals surface area contributed by atoms with E-state index in [1.807, 2.05) is 6.07 Å². The standard InChI is InChI=1S/C19H20N2O4/c1-21(12-11-17(22)23)19(25)16-9-7-14(8-10-16)13-20-18(24)15-5-3-2-4-6-15/h2-10H,11-13H2,1H3,(H,20,24)(H,22,23). The molecule has 6 nitrogen and oxygen atoms in total. The van der Waals surface area contributed by atoms with Crippen LogP contribution in [0.5, 0.6) is 0 Å². The maximum atomic E-state index is 12.2. The highest BCUT2D eigenvalue weighted by molar-refractivity contribution is 5.95. The van der Waals surface area contributed by atoms with Gasteiger partial charge in [-0.25, -0.2) is 0 Å². The lowest BCUT2D eigenvalue weighted by Gasteiger charge is -2.16. The van der Waals surface area contributed by atoms with Crippen molar-refractivity contribution in [3.8, 4) is 0 Å². The summed E-state index contributed by atoms with van der Waals surface area (Å²) in [4.78, 5) is 36.1. The third-order valence-electron chi connectivity index (χ3n) is 3.70. The molecule has 130 valence electrons. The minimum Gasteiger partial charge on any atom is -0.481 e. The molecule has 0 unspecified atom stereocenters. The molecule has 0 aliphatic carbocycles. The first-order chi connectivity index (χ1) is 12.0. The lowest BCUT2D eigenvalue weighted by Crippen LogP contribution is -2.29. The van der Waals surface area contributed by atoms with Crippen molar-refractivity contribution in [2.45, 2.75) is 13.0 Å². The first-order valence-electron chi connectivity index (χ1n) is 7.87. The van der Waals surface area contributed by atoms with Gasteiger partial charge < -0.3 is 15.3 Å². The fourth-order valence-corrected chi connectivity index (χ4v) is 2.22. The van der Waals surface area contributed by atoms with Gasteiger partial charge in [0.25, 0.3) is 11.8 Å². The minimum atomic E-state index is -0.941. The summed E-state index contributed by atoms with van der Waals surface area (Å²) in [5.41, 5.74) is 1.94. The van der Waals surface area contributed by atoms with Crippen LogP contribution in [0.3, 0.4) is 0 Å². The Hall–Kier alpha value is -3.15. The third kappa shape index (κ3) is 5.46. The summed E-state index contributed by atoms with van der Waals surface area (Å²) in [6, 6.07) is 15.8. The number of benzene rings is 2. The van der Waals surface area contributed by atoms with E-state index in [0.29, 0.717) is 17.7 Å². The van der Waals surface area contributed by atoms with E-state index < -0.39 is 5.97 Å². The molecule has 2 N–H and O–H groups in total. The highest BCUT2D eigenvalue weighted by Crippen LogP contribution is 2.08. The summed E-state index contributed by atoms with van der Waals surface area (Å²) in [7, 11) is 1.57. The van der Waals surface area contributed by atoms with Crippen molar-refractivity contribution in [2.24, 2.45) is 0 Å². The number of hydrogen-bond acceptors (Lipinski definition) is 3. The molecule has 0 aliphatic heterocycles. The van der Waals surface area contributed by atoms with Crippen molar-refractivity contribution in [1.82, 2.24) is 10.2 Å². The number of carboxylic acids is 1. The van der Waals surface area contributed by atoms with E-state index >= 15 is 0 Å². The van der Waals surface area contributed by atoms with Gasteiger partial charge in [-0.2, -0.15) is 0 Å². The molecule has 0 heterocycles. The Bertz CT molecular complexity index is 742. The van der Waals surface area contributed by atoms with E-state index in [1.54, 1.807) is 55.6 Å². The summed E-state index contributed by atoms with van der Waals surface area (Å²) in [6.45, 7) is 0.514. The highest BCUT2D eigenvalue weighted by Gasteiger charge is 2.12. The lowest BCUT2D eigenvalue weighted by atomic mass is 10.1. The molecule has 2 rings (SSSR count). The van der Waals surface area contributed by atoms with E-state index in [-0.39, 0.29) is 24.8 Å². The van der Waals surface area contributed by atoms with Crippen molar-refractivity contribution in [2.75, 3.05) is 13.6 Å². The van der Waals surface area contributed by atoms with Gasteiger partial charge in [-0.3, -0.25) is 14.4 Å². The van der Waals surface area contributed by atoms with Gasteiger partial charge in [0, 0.05) is 31.3 Å². The Morgan fingerprint density at radius 2 is 1.60 bits per heavy atom. The first-order valence-corrected chi connectivity index (χ1v) is 7.87. The average molecular weight is 340 g/mol. The molecular formula is C19H20N2O4. The zero-order valence-electron chi connectivity index (χ0n) is 13.9. The third-order valence-corrected chi connectivity index (χ3v) is 3.70. The van der Waals surface area contributed by atoms with Gasteiger partial charge in [0.15, 0.2) is 0 Å². The minimum absolute atomic E-state index is 0.0914. The molecule has 0 aliphatic rings. The van der Waals surface area contributed by atoms with Gasteiger partial charge in [-0.05, 0) is 29.8 Å². The number of nitrogens with one attached hydrogen (secondary N) is 1. The molecule has 0 bridgehead atoms. The molecule has 0 aromatic heterocycles. The van der Waals surface area contributed by atoms with Crippen molar-refractivity contribution in [3.63, 3.8) is 0 Å². The van der Waals surface area contributed by atoms with Gasteiger partial charge in [-0.1, -0.05) is 30.3 Å². The fraction of sp³-hybridized carbons (Fsp3) is 0.211. The average Bonchev–Trinajstić information content (AvgIpc) is 2.64. The number of carbonyl (C=O) groups excluding carboxylic acids is 2. The van der Waals surface area contributed by atoms with Gasteiger partial charge in [0.2, 0.25) is 0 Å². The van der Waals surface area contributed by atoms with Crippen LogP contribution in [-0.2, 0) is 11.3 Å². The van der Waals surface area contributed by atoms with Gasteiger partial charge >= 0.3 is 5.97 Å². The molecule has 0 radical (unpaired) electrons. The number of rotatable bonds is 7. The van der Waals surface area contributed by atoms with E-state index in [1.165, 1.54) is 4.90 Å². The summed E-state index contributed by atoms with van der Waals surface area (Å²) in [5, 5.41) is 11.5. The predicted octanol–water partition coefficient (Wildman–Crippen LogP) is 2.16. The fourth-order valence-electron chi connectivity index (χ4n) is 2.22. The van der Waals surface area contributed by atoms with Crippen LogP contribution in [0.4, 0.5) is 0 Å². The largest absolute Gasteiger partial charge is 0.481 e. The van der Waals surface area contributed by atoms with Crippen LogP contribution in [0.15, 0.2) is 54.6 Å². The second-order valence-electron chi connectivity index (χ2n) is 5.62. The Labute approximate surface area is 146 Å². The zero-order valence-corrected chi connectivity index (χ0v) is 13.9. The van der Waals surface area contributed by atoms with Crippen LogP contribution >= 0.6 is 0 Å². The molecule has 25 heavy (non-hydrogen) atoms. The SMILES string of the molecule is CN(CCC(=O)O)C(=O)c1ccc(CNC(=O)c2ccccc2)cc1. The Morgan fingerprint density at radius 1 is 0.960 bits per heavy atom. The van der Waals surface area contributed by atoms with Gasteiger partial charge in [-0.15, -0.1) is 0 Å². The van der Waals surface area contributed by atoms with Crippen molar-refractivity contribution >= 4 is 17.8 Å². The number of carbonyl (C=O) groups is 3. The maximum Gasteiger partial charge on any atom is 0.305 e. The molecule has 0 spiro atoms. The summed E-state index contributed by atoms with van der Waals surface area (Å²) >= 11 is 0. The zero-order chi connectivity index (χ0) is 18.2. The van der Waals surface area contributed by atoms with Crippen molar-refractivity contribution in [1.29, 1.82) is 0 Å². The van der Waals surface area contributed by atoms with Crippen molar-refractivity contribution < 1.29 is 19.5 Å². The van der Waals surface area contributed by atoms with Crippen LogP contribution in [0.2, 0.25) is 0 Å². The summed E-state index contributed by atoms with van der Waals surface area (Å²) < 4.78 is 0. The molecule has 0 saturated heterocycles. The molecule has 2 amide bonds. The summed E-state index contributed by atoms with van der Waals surface area (Å²) in [5.74, 6) is -1.33. The summed E-state index contributed by atoms with van der Waals surface area (Å²) in [6.07, 6.45) is -0.0914. The quantitative estimate of drug-likeness (QED) is 0.809. The smallest absolute Gasteiger partial charge is 0.305 e. The van der Waals surface area contributed by atoms with Crippen LogP contribution in [0.25, 0.3) is 0 Å². The topological polar surface area (TPSA) is 86.7 Å². The molecular weight excluding hydrogens is 320 g/mol. The molecule has 0 atom stereocenters.